The number of nitriles is 1. The van der Waals surface area contributed by atoms with E-state index >= 15 is 0 Å². The van der Waals surface area contributed by atoms with Crippen LogP contribution in [0, 0.1) is 17.9 Å². The van der Waals surface area contributed by atoms with Crippen LogP contribution in [-0.2, 0) is 0 Å². The Bertz CT molecular complexity index is 222. The zero-order chi connectivity index (χ0) is 10.5. The highest BCUT2D eigenvalue weighted by atomic mass is 14.6. The SMILES string of the molecule is [C-]#[N+]CC/C=C/CC/C=C/CCC#N. The molecule has 0 aromatic carbocycles. The number of hydrogen-bond donors (Lipinski definition) is 0. The highest BCUT2D eigenvalue weighted by molar-refractivity contribution is 4.90. The lowest BCUT2D eigenvalue weighted by Gasteiger charge is -1.86. The molecule has 0 saturated heterocycles. The number of nitrogens with zero attached hydrogens (tertiary/aromatic N) is 2. The summed E-state index contributed by atoms with van der Waals surface area (Å²) >= 11 is 0. The maximum absolute atomic E-state index is 8.27. The standard InChI is InChI=1S/C12H16N2/c1-14-12-10-8-6-4-2-3-5-7-9-11-13/h3,5-6,8H,2,4,7,9-10,12H2/b5-3+,8-6+. The van der Waals surface area contributed by atoms with Gasteiger partial charge in [-0.25, -0.2) is 6.57 Å². The largest absolute Gasteiger partial charge is 0.317 e. The van der Waals surface area contributed by atoms with Crippen molar-refractivity contribution >= 4 is 0 Å². The molecule has 2 heteroatoms. The second kappa shape index (κ2) is 11.5. The number of rotatable bonds is 7. The molecule has 0 bridgehead atoms. The molecule has 74 valence electrons. The molecule has 0 aromatic rings. The zero-order valence-electron chi connectivity index (χ0n) is 8.45. The van der Waals surface area contributed by atoms with Crippen molar-refractivity contribution in [1.82, 2.24) is 0 Å². The van der Waals surface area contributed by atoms with E-state index in [0.717, 1.165) is 25.7 Å². The van der Waals surface area contributed by atoms with Gasteiger partial charge in [0.1, 0.15) is 0 Å². The Hall–Kier alpha value is -1.54. The lowest BCUT2D eigenvalue weighted by molar-refractivity contribution is 1.000. The Balaban J connectivity index is 3.21. The molecule has 0 spiro atoms. The topological polar surface area (TPSA) is 28.1 Å². The quantitative estimate of drug-likeness (QED) is 0.341. The first kappa shape index (κ1) is 12.5. The highest BCUT2D eigenvalue weighted by Crippen LogP contribution is 1.97. The molecule has 0 unspecified atom stereocenters. The zero-order valence-corrected chi connectivity index (χ0v) is 8.45. The summed E-state index contributed by atoms with van der Waals surface area (Å²) in [7, 11) is 0. The second-order valence-electron chi connectivity index (χ2n) is 2.89. The third-order valence-corrected chi connectivity index (χ3v) is 1.66. The van der Waals surface area contributed by atoms with Gasteiger partial charge in [-0.1, -0.05) is 24.3 Å². The third kappa shape index (κ3) is 10.5. The Kier molecular flexibility index (Phi) is 10.2. The van der Waals surface area contributed by atoms with E-state index in [9.17, 15) is 0 Å². The van der Waals surface area contributed by atoms with Crippen molar-refractivity contribution < 1.29 is 0 Å². The fraction of sp³-hybridized carbons (Fsp3) is 0.500. The van der Waals surface area contributed by atoms with Crippen LogP contribution >= 0.6 is 0 Å². The van der Waals surface area contributed by atoms with E-state index in [0.29, 0.717) is 13.0 Å². The first-order valence-corrected chi connectivity index (χ1v) is 4.92. The highest BCUT2D eigenvalue weighted by Gasteiger charge is 1.81. The average Bonchev–Trinajstić information content (AvgIpc) is 2.21. The Morgan fingerprint density at radius 2 is 1.57 bits per heavy atom. The van der Waals surface area contributed by atoms with Gasteiger partial charge in [-0.15, -0.1) is 0 Å². The van der Waals surface area contributed by atoms with E-state index in [2.05, 4.69) is 35.2 Å². The molecule has 0 aromatic heterocycles. The number of allylic oxidation sites excluding steroid dienone is 3. The molecular weight excluding hydrogens is 172 g/mol. The molecule has 0 aliphatic heterocycles. The van der Waals surface area contributed by atoms with E-state index < -0.39 is 0 Å². The normalized spacial score (nSPS) is 10.4. The molecule has 0 N–H and O–H groups in total. The van der Waals surface area contributed by atoms with Crippen LogP contribution in [0.4, 0.5) is 0 Å². The maximum Gasteiger partial charge on any atom is 0.218 e. The summed E-state index contributed by atoms with van der Waals surface area (Å²) in [5.41, 5.74) is 0. The molecule has 2 nitrogen and oxygen atoms in total. The lowest BCUT2D eigenvalue weighted by Crippen LogP contribution is -1.71. The van der Waals surface area contributed by atoms with Crippen molar-refractivity contribution in [1.29, 1.82) is 5.26 Å². The molecular formula is C12H16N2. The van der Waals surface area contributed by atoms with Gasteiger partial charge < -0.3 is 4.85 Å². The first-order chi connectivity index (χ1) is 6.91. The van der Waals surface area contributed by atoms with Crippen LogP contribution in [0.2, 0.25) is 0 Å². The smallest absolute Gasteiger partial charge is 0.218 e. The maximum atomic E-state index is 8.27. The van der Waals surface area contributed by atoms with E-state index in [1.54, 1.807) is 0 Å². The summed E-state index contributed by atoms with van der Waals surface area (Å²) in [5.74, 6) is 0. The van der Waals surface area contributed by atoms with Crippen molar-refractivity contribution in [2.45, 2.75) is 32.1 Å². The predicted molar refractivity (Wildman–Crippen MR) is 58.4 cm³/mol. The fourth-order valence-electron chi connectivity index (χ4n) is 0.951. The predicted octanol–water partition coefficient (Wildman–Crippen LogP) is 3.49. The van der Waals surface area contributed by atoms with Crippen molar-refractivity contribution in [2.75, 3.05) is 6.54 Å². The summed E-state index contributed by atoms with van der Waals surface area (Å²) in [6.07, 6.45) is 12.7. The molecule has 14 heavy (non-hydrogen) atoms. The minimum Gasteiger partial charge on any atom is -0.317 e. The van der Waals surface area contributed by atoms with Crippen LogP contribution in [0.1, 0.15) is 32.1 Å². The third-order valence-electron chi connectivity index (χ3n) is 1.66. The lowest BCUT2D eigenvalue weighted by atomic mass is 10.2. The van der Waals surface area contributed by atoms with Crippen LogP contribution in [0.3, 0.4) is 0 Å². The van der Waals surface area contributed by atoms with Crippen molar-refractivity contribution in [2.24, 2.45) is 0 Å². The van der Waals surface area contributed by atoms with Gasteiger partial charge in [-0.2, -0.15) is 5.26 Å². The van der Waals surface area contributed by atoms with Gasteiger partial charge in [-0.3, -0.25) is 0 Å². The van der Waals surface area contributed by atoms with Gasteiger partial charge in [0, 0.05) is 12.8 Å². The van der Waals surface area contributed by atoms with Gasteiger partial charge in [0.2, 0.25) is 6.54 Å². The average molecular weight is 188 g/mol. The van der Waals surface area contributed by atoms with E-state index in [1.165, 1.54) is 0 Å². The van der Waals surface area contributed by atoms with Crippen molar-refractivity contribution in [3.05, 3.63) is 35.7 Å². The minimum absolute atomic E-state index is 0.592. The summed E-state index contributed by atoms with van der Waals surface area (Å²) < 4.78 is 0. The van der Waals surface area contributed by atoms with Crippen LogP contribution in [0.15, 0.2) is 24.3 Å². The van der Waals surface area contributed by atoms with Gasteiger partial charge in [0.05, 0.1) is 6.07 Å². The summed E-state index contributed by atoms with van der Waals surface area (Å²) in [6, 6.07) is 2.10. The van der Waals surface area contributed by atoms with Crippen LogP contribution in [-0.4, -0.2) is 6.54 Å². The molecule has 0 atom stereocenters. The molecule has 0 rings (SSSR count). The Labute approximate surface area is 86.4 Å². The molecule has 0 fully saturated rings. The molecule has 0 aliphatic rings. The second-order valence-corrected chi connectivity index (χ2v) is 2.89. The van der Waals surface area contributed by atoms with E-state index in [1.807, 2.05) is 0 Å². The number of unbranched alkanes of at least 4 members (excludes halogenated alkanes) is 2. The molecule has 0 saturated carbocycles. The van der Waals surface area contributed by atoms with E-state index in [4.69, 9.17) is 11.8 Å². The van der Waals surface area contributed by atoms with Gasteiger partial charge in [-0.05, 0) is 19.3 Å². The van der Waals surface area contributed by atoms with Crippen molar-refractivity contribution in [3.63, 3.8) is 0 Å². The fourth-order valence-corrected chi connectivity index (χ4v) is 0.951. The van der Waals surface area contributed by atoms with Crippen LogP contribution in [0.5, 0.6) is 0 Å². The van der Waals surface area contributed by atoms with Gasteiger partial charge >= 0.3 is 0 Å². The summed E-state index contributed by atoms with van der Waals surface area (Å²) in [6.45, 7) is 7.16. The Morgan fingerprint density at radius 3 is 2.14 bits per heavy atom. The summed E-state index contributed by atoms with van der Waals surface area (Å²) in [5, 5.41) is 8.27. The van der Waals surface area contributed by atoms with Crippen LogP contribution in [0.25, 0.3) is 4.85 Å². The van der Waals surface area contributed by atoms with Crippen molar-refractivity contribution in [3.8, 4) is 6.07 Å². The van der Waals surface area contributed by atoms with Gasteiger partial charge in [0.15, 0.2) is 0 Å². The number of hydrogen-bond acceptors (Lipinski definition) is 1. The first-order valence-electron chi connectivity index (χ1n) is 4.92. The molecule has 0 radical (unpaired) electrons. The molecule has 0 amide bonds. The Morgan fingerprint density at radius 1 is 1.00 bits per heavy atom. The van der Waals surface area contributed by atoms with E-state index in [-0.39, 0.29) is 0 Å². The molecule has 0 heterocycles. The minimum atomic E-state index is 0.592. The van der Waals surface area contributed by atoms with Gasteiger partial charge in [0.25, 0.3) is 0 Å². The molecule has 0 aliphatic carbocycles. The monoisotopic (exact) mass is 188 g/mol. The summed E-state index contributed by atoms with van der Waals surface area (Å²) in [4.78, 5) is 3.26. The van der Waals surface area contributed by atoms with Crippen LogP contribution < -0.4 is 0 Å².